The Morgan fingerprint density at radius 2 is 2.07 bits per heavy atom. The zero-order valence-electron chi connectivity index (χ0n) is 15.2. The molecular weight excluding hydrogens is 350 g/mol. The Labute approximate surface area is 155 Å². The second kappa shape index (κ2) is 8.71. The number of nitriles is 1. The lowest BCUT2D eigenvalue weighted by Crippen LogP contribution is -2.40. The zero-order chi connectivity index (χ0) is 20.0. The molecule has 0 aliphatic heterocycles. The minimum absolute atomic E-state index is 0.0783. The molecule has 1 aromatic heterocycles. The molecule has 3 N–H and O–H groups in total. The number of ether oxygens (including phenoxy) is 1. The third-order valence-corrected chi connectivity index (χ3v) is 4.02. The molecule has 0 radical (unpaired) electrons. The average molecular weight is 371 g/mol. The Hall–Kier alpha value is -3.54. The fraction of sp³-hybridized carbons (Fsp3) is 0.333. The lowest BCUT2D eigenvalue weighted by Gasteiger charge is -2.20. The number of nitrogens with zero attached hydrogens (tertiary/aromatic N) is 3. The summed E-state index contributed by atoms with van der Waals surface area (Å²) >= 11 is 0. The largest absolute Gasteiger partial charge is 0.482 e. The summed E-state index contributed by atoms with van der Waals surface area (Å²) in [6.07, 6.45) is 1.53. The number of rotatable bonds is 7. The van der Waals surface area contributed by atoms with E-state index in [0.717, 1.165) is 11.3 Å². The van der Waals surface area contributed by atoms with Crippen molar-refractivity contribution in [3.8, 4) is 11.8 Å². The number of likely N-dealkylation sites (N-methyl/N-ethyl adjacent to an activating group) is 1. The molecule has 0 saturated heterocycles. The van der Waals surface area contributed by atoms with Crippen molar-refractivity contribution in [1.82, 2.24) is 9.55 Å². The molecule has 2 aromatic rings. The summed E-state index contributed by atoms with van der Waals surface area (Å²) in [5.74, 6) is -0.373. The summed E-state index contributed by atoms with van der Waals surface area (Å²) in [6.45, 7) is 1.89. The normalized spacial score (nSPS) is 10.3. The number of carbonyl (C=O) groups is 1. The molecule has 0 unspecified atom stereocenters. The van der Waals surface area contributed by atoms with Gasteiger partial charge in [-0.3, -0.25) is 19.1 Å². The van der Waals surface area contributed by atoms with Gasteiger partial charge in [0.05, 0.1) is 5.56 Å². The zero-order valence-corrected chi connectivity index (χ0v) is 15.2. The topological polar surface area (TPSA) is 134 Å². The summed E-state index contributed by atoms with van der Waals surface area (Å²) in [7, 11) is 1.37. The van der Waals surface area contributed by atoms with Crippen molar-refractivity contribution in [3.63, 3.8) is 0 Å². The van der Waals surface area contributed by atoms with Crippen LogP contribution in [0.3, 0.4) is 0 Å². The van der Waals surface area contributed by atoms with E-state index < -0.39 is 23.8 Å². The fourth-order valence-electron chi connectivity index (χ4n) is 2.49. The van der Waals surface area contributed by atoms with Gasteiger partial charge in [-0.1, -0.05) is 25.5 Å². The second-order valence-corrected chi connectivity index (χ2v) is 5.85. The van der Waals surface area contributed by atoms with E-state index in [1.807, 2.05) is 13.0 Å². The number of nitrogen functional groups attached to an aromatic ring is 1. The Morgan fingerprint density at radius 3 is 2.74 bits per heavy atom. The van der Waals surface area contributed by atoms with Crippen molar-refractivity contribution in [2.75, 3.05) is 24.3 Å². The third-order valence-electron chi connectivity index (χ3n) is 4.02. The first-order chi connectivity index (χ1) is 12.9. The molecule has 9 nitrogen and oxygen atoms in total. The highest BCUT2D eigenvalue weighted by Crippen LogP contribution is 2.18. The van der Waals surface area contributed by atoms with E-state index in [-0.39, 0.29) is 17.3 Å². The molecule has 1 aromatic carbocycles. The maximum atomic E-state index is 12.5. The van der Waals surface area contributed by atoms with E-state index in [4.69, 9.17) is 15.7 Å². The Balaban J connectivity index is 2.25. The van der Waals surface area contributed by atoms with E-state index >= 15 is 0 Å². The van der Waals surface area contributed by atoms with Crippen LogP contribution in [0.4, 0.5) is 11.5 Å². The third kappa shape index (κ3) is 4.36. The van der Waals surface area contributed by atoms with Gasteiger partial charge in [0.25, 0.3) is 11.5 Å². The molecule has 0 spiro atoms. The summed E-state index contributed by atoms with van der Waals surface area (Å²) in [5.41, 5.74) is 4.79. The summed E-state index contributed by atoms with van der Waals surface area (Å²) in [5, 5.41) is 9.05. The summed E-state index contributed by atoms with van der Waals surface area (Å²) in [4.78, 5) is 39.8. The van der Waals surface area contributed by atoms with Gasteiger partial charge in [-0.05, 0) is 18.6 Å². The molecule has 0 aliphatic rings. The molecule has 0 atom stereocenters. The van der Waals surface area contributed by atoms with Gasteiger partial charge in [0.2, 0.25) is 0 Å². The smallest absolute Gasteiger partial charge is 0.330 e. The van der Waals surface area contributed by atoms with E-state index in [1.54, 1.807) is 24.3 Å². The number of hydrogen-bond donors (Lipinski definition) is 2. The van der Waals surface area contributed by atoms with Crippen molar-refractivity contribution in [2.45, 2.75) is 26.3 Å². The fourth-order valence-corrected chi connectivity index (χ4v) is 2.49. The molecule has 1 heterocycles. The van der Waals surface area contributed by atoms with Crippen LogP contribution >= 0.6 is 0 Å². The lowest BCUT2D eigenvalue weighted by molar-refractivity contribution is -0.120. The quantitative estimate of drug-likeness (QED) is 0.740. The van der Waals surface area contributed by atoms with Crippen molar-refractivity contribution < 1.29 is 9.53 Å². The van der Waals surface area contributed by atoms with Gasteiger partial charge in [0, 0.05) is 13.6 Å². The SMILES string of the molecule is CCCCn1c(N)c(N(C)C(=O)COc2ccccc2C#N)c(=O)[nH]c1=O. The highest BCUT2D eigenvalue weighted by Gasteiger charge is 2.21. The predicted molar refractivity (Wildman–Crippen MR) is 101 cm³/mol. The Kier molecular flexibility index (Phi) is 6.38. The molecular formula is C18H21N5O4. The maximum absolute atomic E-state index is 12.5. The van der Waals surface area contributed by atoms with Crippen LogP contribution in [0, 0.1) is 11.3 Å². The Bertz CT molecular complexity index is 986. The van der Waals surface area contributed by atoms with E-state index in [2.05, 4.69) is 4.98 Å². The number of hydrogen-bond acceptors (Lipinski definition) is 6. The van der Waals surface area contributed by atoms with Gasteiger partial charge in [0.1, 0.15) is 17.6 Å². The molecule has 0 aliphatic carbocycles. The molecule has 1 amide bonds. The van der Waals surface area contributed by atoms with Crippen LogP contribution in [0.25, 0.3) is 0 Å². The van der Waals surface area contributed by atoms with E-state index in [0.29, 0.717) is 18.5 Å². The molecule has 2 rings (SSSR count). The summed E-state index contributed by atoms with van der Waals surface area (Å²) in [6, 6.07) is 8.46. The van der Waals surface area contributed by atoms with Crippen molar-refractivity contribution in [3.05, 3.63) is 50.7 Å². The number of aromatic amines is 1. The number of para-hydroxylation sites is 1. The van der Waals surface area contributed by atoms with E-state index in [1.165, 1.54) is 11.6 Å². The Morgan fingerprint density at radius 1 is 1.37 bits per heavy atom. The van der Waals surface area contributed by atoms with Gasteiger partial charge in [0.15, 0.2) is 12.3 Å². The van der Waals surface area contributed by atoms with Gasteiger partial charge < -0.3 is 15.4 Å². The molecule has 0 saturated carbocycles. The first kappa shape index (κ1) is 19.8. The number of benzene rings is 1. The molecule has 0 fully saturated rings. The predicted octanol–water partition coefficient (Wildman–Crippen LogP) is 0.832. The van der Waals surface area contributed by atoms with Crippen molar-refractivity contribution >= 4 is 17.4 Å². The standard InChI is InChI=1S/C18H21N5O4/c1-3-4-9-23-16(20)15(17(25)21-18(23)26)22(2)14(24)11-27-13-8-6-5-7-12(13)10-19/h5-8H,3-4,9,11,20H2,1-2H3,(H,21,25,26). The number of nitrogens with two attached hydrogens (primary N) is 1. The van der Waals surface area contributed by atoms with Crippen LogP contribution in [0.1, 0.15) is 25.3 Å². The number of amides is 1. The van der Waals surface area contributed by atoms with Crippen LogP contribution in [-0.4, -0.2) is 29.1 Å². The minimum atomic E-state index is -0.751. The number of H-pyrrole nitrogens is 1. The molecule has 27 heavy (non-hydrogen) atoms. The molecule has 142 valence electrons. The van der Waals surface area contributed by atoms with Gasteiger partial charge in [-0.15, -0.1) is 0 Å². The summed E-state index contributed by atoms with van der Waals surface area (Å²) < 4.78 is 6.63. The van der Waals surface area contributed by atoms with Crippen molar-refractivity contribution in [2.24, 2.45) is 0 Å². The number of anilines is 2. The van der Waals surface area contributed by atoms with Crippen LogP contribution in [0.15, 0.2) is 33.9 Å². The molecule has 0 bridgehead atoms. The monoisotopic (exact) mass is 371 g/mol. The van der Waals surface area contributed by atoms with Gasteiger partial charge in [-0.25, -0.2) is 4.79 Å². The first-order valence-corrected chi connectivity index (χ1v) is 8.41. The number of carbonyl (C=O) groups excluding carboxylic acids is 1. The number of unbranched alkanes of at least 4 members (excludes halogenated alkanes) is 1. The average Bonchev–Trinajstić information content (AvgIpc) is 2.65. The van der Waals surface area contributed by atoms with Crippen LogP contribution in [0.2, 0.25) is 0 Å². The highest BCUT2D eigenvalue weighted by molar-refractivity contribution is 5.96. The van der Waals surface area contributed by atoms with Gasteiger partial charge >= 0.3 is 5.69 Å². The molecule has 9 heteroatoms. The number of nitrogens with one attached hydrogen (secondary N) is 1. The number of aromatic nitrogens is 2. The van der Waals surface area contributed by atoms with Crippen LogP contribution in [-0.2, 0) is 11.3 Å². The lowest BCUT2D eigenvalue weighted by atomic mass is 10.2. The van der Waals surface area contributed by atoms with Crippen LogP contribution in [0.5, 0.6) is 5.75 Å². The minimum Gasteiger partial charge on any atom is -0.482 e. The first-order valence-electron chi connectivity index (χ1n) is 8.41. The highest BCUT2D eigenvalue weighted by atomic mass is 16.5. The maximum Gasteiger partial charge on any atom is 0.330 e. The van der Waals surface area contributed by atoms with Crippen LogP contribution < -0.4 is 26.6 Å². The van der Waals surface area contributed by atoms with Crippen molar-refractivity contribution in [1.29, 1.82) is 5.26 Å². The van der Waals surface area contributed by atoms with Gasteiger partial charge in [-0.2, -0.15) is 5.26 Å². The van der Waals surface area contributed by atoms with E-state index in [9.17, 15) is 14.4 Å². The second-order valence-electron chi connectivity index (χ2n) is 5.85.